The van der Waals surface area contributed by atoms with Crippen LogP contribution in [0.25, 0.3) is 0 Å². The summed E-state index contributed by atoms with van der Waals surface area (Å²) in [6.07, 6.45) is 7.36. The number of unbranched alkanes of at least 4 members (excludes halogenated alkanes) is 1. The molecule has 0 bridgehead atoms. The second-order valence-electron chi connectivity index (χ2n) is 4.02. The molecule has 0 aromatic carbocycles. The van der Waals surface area contributed by atoms with Crippen LogP contribution in [0, 0.1) is 0 Å². The van der Waals surface area contributed by atoms with Gasteiger partial charge in [0.05, 0.1) is 6.10 Å². The molecule has 0 heterocycles. The van der Waals surface area contributed by atoms with Crippen molar-refractivity contribution in [3.63, 3.8) is 0 Å². The highest BCUT2D eigenvalue weighted by Gasteiger charge is 2.15. The minimum absolute atomic E-state index is 0.489. The molecule has 14 heavy (non-hydrogen) atoms. The van der Waals surface area contributed by atoms with Gasteiger partial charge in [-0.3, -0.25) is 0 Å². The van der Waals surface area contributed by atoms with Gasteiger partial charge in [0, 0.05) is 20.3 Å². The van der Waals surface area contributed by atoms with Crippen LogP contribution < -0.4 is 0 Å². The Morgan fingerprint density at radius 3 is 2.50 bits per heavy atom. The van der Waals surface area contributed by atoms with Gasteiger partial charge >= 0.3 is 0 Å². The van der Waals surface area contributed by atoms with Crippen LogP contribution in [0.2, 0.25) is 0 Å². The summed E-state index contributed by atoms with van der Waals surface area (Å²) in [6.45, 7) is 5.74. The number of allylic oxidation sites excluding steroid dienone is 1. The third kappa shape index (κ3) is 4.77. The molecule has 2 nitrogen and oxygen atoms in total. The third-order valence-corrected chi connectivity index (χ3v) is 2.74. The van der Waals surface area contributed by atoms with Gasteiger partial charge in [-0.05, 0) is 38.5 Å². The van der Waals surface area contributed by atoms with E-state index in [1.54, 1.807) is 7.11 Å². The van der Waals surface area contributed by atoms with Gasteiger partial charge in [0.1, 0.15) is 0 Å². The van der Waals surface area contributed by atoms with Crippen molar-refractivity contribution < 1.29 is 9.47 Å². The molecule has 0 aromatic heterocycles. The first-order valence-corrected chi connectivity index (χ1v) is 5.60. The normalized spacial score (nSPS) is 18.8. The largest absolute Gasteiger partial charge is 0.385 e. The Morgan fingerprint density at radius 2 is 1.86 bits per heavy atom. The van der Waals surface area contributed by atoms with Crippen LogP contribution in [0.3, 0.4) is 0 Å². The lowest BCUT2D eigenvalue weighted by molar-refractivity contribution is 0.0307. The van der Waals surface area contributed by atoms with E-state index in [-0.39, 0.29) is 0 Å². The summed E-state index contributed by atoms with van der Waals surface area (Å²) in [7, 11) is 1.74. The van der Waals surface area contributed by atoms with Gasteiger partial charge in [-0.15, -0.1) is 0 Å². The van der Waals surface area contributed by atoms with Crippen LogP contribution in [0.5, 0.6) is 0 Å². The Kier molecular flexibility index (Phi) is 5.88. The van der Waals surface area contributed by atoms with Gasteiger partial charge in [-0.1, -0.05) is 12.2 Å². The van der Waals surface area contributed by atoms with E-state index in [9.17, 15) is 0 Å². The van der Waals surface area contributed by atoms with Gasteiger partial charge in [-0.25, -0.2) is 0 Å². The van der Waals surface area contributed by atoms with E-state index in [0.717, 1.165) is 38.9 Å². The lowest BCUT2D eigenvalue weighted by Gasteiger charge is -2.23. The molecule has 0 radical (unpaired) electrons. The summed E-state index contributed by atoms with van der Waals surface area (Å²) in [5.41, 5.74) is 1.39. The van der Waals surface area contributed by atoms with Gasteiger partial charge < -0.3 is 9.47 Å². The molecule has 0 aliphatic heterocycles. The van der Waals surface area contributed by atoms with Gasteiger partial charge in [0.15, 0.2) is 0 Å². The van der Waals surface area contributed by atoms with Gasteiger partial charge in [0.2, 0.25) is 0 Å². The number of hydrogen-bond donors (Lipinski definition) is 0. The highest BCUT2D eigenvalue weighted by Crippen LogP contribution is 2.24. The minimum atomic E-state index is 0.489. The van der Waals surface area contributed by atoms with Crippen LogP contribution >= 0.6 is 0 Å². The zero-order valence-electron chi connectivity index (χ0n) is 9.26. The zero-order valence-corrected chi connectivity index (χ0v) is 9.26. The van der Waals surface area contributed by atoms with E-state index in [2.05, 4.69) is 6.58 Å². The van der Waals surface area contributed by atoms with Crippen molar-refractivity contribution in [2.45, 2.75) is 44.6 Å². The lowest BCUT2D eigenvalue weighted by atomic mass is 9.94. The molecule has 0 atom stereocenters. The first kappa shape index (κ1) is 11.7. The van der Waals surface area contributed by atoms with Crippen molar-refractivity contribution in [2.24, 2.45) is 0 Å². The van der Waals surface area contributed by atoms with Gasteiger partial charge in [0.25, 0.3) is 0 Å². The predicted octanol–water partition coefficient (Wildman–Crippen LogP) is 2.93. The van der Waals surface area contributed by atoms with E-state index in [1.165, 1.54) is 18.4 Å². The molecule has 1 aliphatic carbocycles. The molecule has 0 spiro atoms. The van der Waals surface area contributed by atoms with Crippen molar-refractivity contribution in [3.05, 3.63) is 12.2 Å². The average Bonchev–Trinajstić information content (AvgIpc) is 2.21. The van der Waals surface area contributed by atoms with Crippen LogP contribution in [-0.4, -0.2) is 26.4 Å². The Morgan fingerprint density at radius 1 is 1.21 bits per heavy atom. The topological polar surface area (TPSA) is 18.5 Å². The summed E-state index contributed by atoms with van der Waals surface area (Å²) >= 11 is 0. The molecule has 0 N–H and O–H groups in total. The molecule has 1 aliphatic rings. The smallest absolute Gasteiger partial charge is 0.0581 e. The summed E-state index contributed by atoms with van der Waals surface area (Å²) in [5, 5.41) is 0. The number of hydrogen-bond acceptors (Lipinski definition) is 2. The van der Waals surface area contributed by atoms with Crippen LogP contribution in [-0.2, 0) is 9.47 Å². The molecule has 82 valence electrons. The van der Waals surface area contributed by atoms with E-state index in [0.29, 0.717) is 6.10 Å². The third-order valence-electron chi connectivity index (χ3n) is 2.74. The molecule has 1 rings (SSSR count). The predicted molar refractivity (Wildman–Crippen MR) is 58.5 cm³/mol. The van der Waals surface area contributed by atoms with Crippen molar-refractivity contribution in [1.82, 2.24) is 0 Å². The number of methoxy groups -OCH3 is 1. The van der Waals surface area contributed by atoms with Crippen LogP contribution in [0.1, 0.15) is 38.5 Å². The Labute approximate surface area is 87.3 Å². The first-order valence-electron chi connectivity index (χ1n) is 5.60. The van der Waals surface area contributed by atoms with Gasteiger partial charge in [-0.2, -0.15) is 0 Å². The summed E-state index contributed by atoms with van der Waals surface area (Å²) < 4.78 is 10.8. The van der Waals surface area contributed by atoms with Crippen molar-refractivity contribution in [2.75, 3.05) is 20.3 Å². The van der Waals surface area contributed by atoms with E-state index in [1.807, 2.05) is 0 Å². The molecule has 0 amide bonds. The summed E-state index contributed by atoms with van der Waals surface area (Å²) in [4.78, 5) is 0. The quantitative estimate of drug-likeness (QED) is 0.482. The second-order valence-corrected chi connectivity index (χ2v) is 4.02. The molecule has 0 saturated heterocycles. The van der Waals surface area contributed by atoms with Crippen LogP contribution in [0.4, 0.5) is 0 Å². The fourth-order valence-corrected chi connectivity index (χ4v) is 1.76. The number of rotatable bonds is 6. The van der Waals surface area contributed by atoms with E-state index in [4.69, 9.17) is 9.47 Å². The fraction of sp³-hybridized carbons (Fsp3) is 0.833. The van der Waals surface area contributed by atoms with Crippen molar-refractivity contribution in [3.8, 4) is 0 Å². The fourth-order valence-electron chi connectivity index (χ4n) is 1.76. The Balaban J connectivity index is 1.94. The van der Waals surface area contributed by atoms with E-state index < -0.39 is 0 Å². The molecular formula is C12H22O2. The molecule has 0 unspecified atom stereocenters. The molecular weight excluding hydrogens is 176 g/mol. The number of ether oxygens (including phenoxy) is 2. The molecule has 1 saturated carbocycles. The highest BCUT2D eigenvalue weighted by molar-refractivity contribution is 4.98. The first-order chi connectivity index (χ1) is 6.83. The maximum absolute atomic E-state index is 5.78. The Bertz CT molecular complexity index is 156. The van der Waals surface area contributed by atoms with E-state index >= 15 is 0 Å². The zero-order chi connectivity index (χ0) is 10.2. The van der Waals surface area contributed by atoms with Crippen LogP contribution in [0.15, 0.2) is 12.2 Å². The molecule has 0 aromatic rings. The SMILES string of the molecule is C=C1CCC(OCCCCOC)CC1. The maximum Gasteiger partial charge on any atom is 0.0581 e. The summed E-state index contributed by atoms with van der Waals surface area (Å²) in [5.74, 6) is 0. The minimum Gasteiger partial charge on any atom is -0.385 e. The molecule has 2 heteroatoms. The highest BCUT2D eigenvalue weighted by atomic mass is 16.5. The standard InChI is InChI=1S/C12H22O2/c1-11-5-7-12(8-6-11)14-10-4-3-9-13-2/h12H,1,3-10H2,2H3. The van der Waals surface area contributed by atoms with Crippen molar-refractivity contribution in [1.29, 1.82) is 0 Å². The lowest BCUT2D eigenvalue weighted by Crippen LogP contribution is -2.18. The molecule has 1 fully saturated rings. The average molecular weight is 198 g/mol. The monoisotopic (exact) mass is 198 g/mol. The van der Waals surface area contributed by atoms with Crippen molar-refractivity contribution >= 4 is 0 Å². The second kappa shape index (κ2) is 7.02. The maximum atomic E-state index is 5.78. The summed E-state index contributed by atoms with van der Waals surface area (Å²) in [6, 6.07) is 0. The Hall–Kier alpha value is -0.340.